The van der Waals surface area contributed by atoms with Gasteiger partial charge in [-0.3, -0.25) is 4.57 Å². The minimum absolute atomic E-state index is 0.514. The van der Waals surface area contributed by atoms with E-state index < -0.39 is 12.8 Å². The van der Waals surface area contributed by atoms with Gasteiger partial charge in [0.1, 0.15) is 0 Å². The molecule has 0 aromatic heterocycles. The maximum atomic E-state index is 14.8. The Morgan fingerprint density at radius 1 is 0.844 bits per heavy atom. The molecule has 0 amide bonds. The average Bonchev–Trinajstić information content (AvgIpc) is 2.85. The summed E-state index contributed by atoms with van der Waals surface area (Å²) in [7, 11) is -3.29. The smallest absolute Gasteiger partial charge is 0.205 e. The normalized spacial score (nSPS) is 14.0. The summed E-state index contributed by atoms with van der Waals surface area (Å²) in [6.45, 7) is 3.78. The Labute approximate surface area is 189 Å². The van der Waals surface area contributed by atoms with E-state index in [0.29, 0.717) is 16.2 Å². The van der Waals surface area contributed by atoms with Gasteiger partial charge in [-0.05, 0) is 60.5 Å². The van der Waals surface area contributed by atoms with Crippen molar-refractivity contribution in [2.75, 3.05) is 0 Å². The summed E-state index contributed by atoms with van der Waals surface area (Å²) in [5.74, 6) is 0. The molecule has 0 aliphatic carbocycles. The van der Waals surface area contributed by atoms with E-state index in [0.717, 1.165) is 16.3 Å². The lowest BCUT2D eigenvalue weighted by molar-refractivity contribution is 0.512. The average molecular weight is 436 g/mol. The van der Waals surface area contributed by atoms with Gasteiger partial charge in [-0.15, -0.1) is 0 Å². The SMILES string of the molecule is C/C=C(/C#N)[C@](C)(NP(=O)(c1ccccc1)c1ccccc1)c1ccc2ccccc2c1. The summed E-state index contributed by atoms with van der Waals surface area (Å²) in [5.41, 5.74) is 0.437. The molecule has 0 spiro atoms. The first kappa shape index (κ1) is 21.8. The van der Waals surface area contributed by atoms with E-state index in [1.54, 1.807) is 6.08 Å². The van der Waals surface area contributed by atoms with Gasteiger partial charge < -0.3 is 0 Å². The first-order valence-electron chi connectivity index (χ1n) is 10.6. The van der Waals surface area contributed by atoms with Crippen LogP contribution < -0.4 is 15.7 Å². The van der Waals surface area contributed by atoms with E-state index in [1.165, 1.54) is 0 Å². The molecule has 0 aliphatic rings. The molecule has 0 aliphatic heterocycles. The van der Waals surface area contributed by atoms with Crippen molar-refractivity contribution in [1.82, 2.24) is 5.09 Å². The highest BCUT2D eigenvalue weighted by Gasteiger charge is 2.40. The van der Waals surface area contributed by atoms with Crippen LogP contribution in [0.25, 0.3) is 10.8 Å². The predicted molar refractivity (Wildman–Crippen MR) is 134 cm³/mol. The fourth-order valence-corrected chi connectivity index (χ4v) is 6.73. The van der Waals surface area contributed by atoms with Gasteiger partial charge in [0.15, 0.2) is 0 Å². The molecule has 0 fully saturated rings. The Hall–Kier alpha value is -3.44. The van der Waals surface area contributed by atoms with Crippen molar-refractivity contribution >= 4 is 28.7 Å². The fourth-order valence-electron chi connectivity index (χ4n) is 4.11. The Balaban J connectivity index is 1.94. The Morgan fingerprint density at radius 3 is 1.91 bits per heavy atom. The van der Waals surface area contributed by atoms with Crippen molar-refractivity contribution in [2.24, 2.45) is 0 Å². The van der Waals surface area contributed by atoms with Crippen LogP contribution in [0.1, 0.15) is 19.4 Å². The molecule has 3 nitrogen and oxygen atoms in total. The molecule has 1 N–H and O–H groups in total. The number of nitrogens with one attached hydrogen (secondary N) is 1. The largest absolute Gasteiger partial charge is 0.296 e. The van der Waals surface area contributed by atoms with E-state index in [2.05, 4.69) is 29.4 Å². The number of nitriles is 1. The fraction of sp³-hybridized carbons (Fsp3) is 0.107. The van der Waals surface area contributed by atoms with Crippen LogP contribution in [0.5, 0.6) is 0 Å². The van der Waals surface area contributed by atoms with Crippen LogP contribution >= 0.6 is 7.29 Å². The maximum Gasteiger partial charge on any atom is 0.205 e. The molecule has 4 aromatic carbocycles. The molecule has 0 unspecified atom stereocenters. The van der Waals surface area contributed by atoms with Crippen LogP contribution in [0.2, 0.25) is 0 Å². The number of rotatable bonds is 6. The highest BCUT2D eigenvalue weighted by Crippen LogP contribution is 2.46. The van der Waals surface area contributed by atoms with E-state index >= 15 is 0 Å². The highest BCUT2D eigenvalue weighted by atomic mass is 31.2. The molecule has 4 rings (SSSR count). The summed E-state index contributed by atoms with van der Waals surface area (Å²) >= 11 is 0. The van der Waals surface area contributed by atoms with Gasteiger partial charge >= 0.3 is 0 Å². The lowest BCUT2D eigenvalue weighted by Crippen LogP contribution is -2.43. The Morgan fingerprint density at radius 2 is 1.38 bits per heavy atom. The molecule has 158 valence electrons. The first-order chi connectivity index (χ1) is 15.5. The third-order valence-corrected chi connectivity index (χ3v) is 8.71. The first-order valence-corrected chi connectivity index (χ1v) is 12.3. The van der Waals surface area contributed by atoms with Crippen molar-refractivity contribution in [3.63, 3.8) is 0 Å². The van der Waals surface area contributed by atoms with Crippen LogP contribution in [0.4, 0.5) is 0 Å². The second-order valence-corrected chi connectivity index (χ2v) is 10.4. The summed E-state index contributed by atoms with van der Waals surface area (Å²) in [5, 5.41) is 17.1. The Bertz CT molecular complexity index is 1310. The molecule has 0 saturated carbocycles. The minimum atomic E-state index is -3.29. The summed E-state index contributed by atoms with van der Waals surface area (Å²) in [6, 6.07) is 35.5. The third kappa shape index (κ3) is 3.92. The summed E-state index contributed by atoms with van der Waals surface area (Å²) < 4.78 is 14.8. The van der Waals surface area contributed by atoms with Crippen molar-refractivity contribution < 1.29 is 4.57 Å². The zero-order chi connectivity index (χ0) is 22.6. The lowest BCUT2D eigenvalue weighted by Gasteiger charge is -2.36. The summed E-state index contributed by atoms with van der Waals surface area (Å²) in [6.07, 6.45) is 1.79. The van der Waals surface area contributed by atoms with Crippen molar-refractivity contribution in [2.45, 2.75) is 19.4 Å². The highest BCUT2D eigenvalue weighted by molar-refractivity contribution is 7.77. The molecule has 1 atom stereocenters. The zero-order valence-electron chi connectivity index (χ0n) is 18.2. The van der Waals surface area contributed by atoms with Gasteiger partial charge in [0.2, 0.25) is 7.29 Å². The molecular formula is C28H25N2OP. The van der Waals surface area contributed by atoms with Crippen molar-refractivity contribution in [3.8, 4) is 6.07 Å². The second kappa shape index (κ2) is 8.97. The topological polar surface area (TPSA) is 52.9 Å². The van der Waals surface area contributed by atoms with Crippen molar-refractivity contribution in [3.05, 3.63) is 120 Å². The molecule has 32 heavy (non-hydrogen) atoms. The van der Waals surface area contributed by atoms with E-state index in [-0.39, 0.29) is 0 Å². The van der Waals surface area contributed by atoms with Crippen LogP contribution in [0.3, 0.4) is 0 Å². The number of hydrogen-bond donors (Lipinski definition) is 1. The minimum Gasteiger partial charge on any atom is -0.296 e. The van der Waals surface area contributed by atoms with Crippen LogP contribution in [-0.4, -0.2) is 0 Å². The lowest BCUT2D eigenvalue weighted by atomic mass is 9.84. The maximum absolute atomic E-state index is 14.8. The molecule has 4 aromatic rings. The van der Waals surface area contributed by atoms with Crippen LogP contribution in [-0.2, 0) is 10.1 Å². The van der Waals surface area contributed by atoms with Gasteiger partial charge in [-0.2, -0.15) is 5.26 Å². The van der Waals surface area contributed by atoms with Crippen LogP contribution in [0, 0.1) is 11.3 Å². The Kier molecular flexibility index (Phi) is 6.10. The molecule has 0 radical (unpaired) electrons. The van der Waals surface area contributed by atoms with Gasteiger partial charge in [-0.25, -0.2) is 5.09 Å². The monoisotopic (exact) mass is 436 g/mol. The van der Waals surface area contributed by atoms with Crippen molar-refractivity contribution in [1.29, 1.82) is 5.26 Å². The van der Waals surface area contributed by atoms with E-state index in [9.17, 15) is 9.83 Å². The second-order valence-electron chi connectivity index (χ2n) is 7.89. The third-order valence-electron chi connectivity index (χ3n) is 5.90. The summed E-state index contributed by atoms with van der Waals surface area (Å²) in [4.78, 5) is 0. The van der Waals surface area contributed by atoms with Gasteiger partial charge in [0.05, 0.1) is 11.6 Å². The predicted octanol–water partition coefficient (Wildman–Crippen LogP) is 6.04. The molecule has 4 heteroatoms. The molecule has 0 heterocycles. The van der Waals surface area contributed by atoms with Crippen LogP contribution in [0.15, 0.2) is 115 Å². The molecule has 0 bridgehead atoms. The van der Waals surface area contributed by atoms with Gasteiger partial charge in [0.25, 0.3) is 0 Å². The standard InChI is InChI=1S/C28H25N2OP/c1-3-24(21-29)28(2,25-19-18-22-12-10-11-13-23(22)20-25)30-32(31,26-14-6-4-7-15-26)27-16-8-5-9-17-27/h3-20H,1-2H3,(H,30,31)/b24-3-/t28-/m0/s1. The number of allylic oxidation sites excluding steroid dienone is 1. The van der Waals surface area contributed by atoms with E-state index in [1.807, 2.05) is 98.8 Å². The van der Waals surface area contributed by atoms with Gasteiger partial charge in [-0.1, -0.05) is 78.9 Å². The van der Waals surface area contributed by atoms with Gasteiger partial charge in [0, 0.05) is 16.2 Å². The number of nitrogens with zero attached hydrogens (tertiary/aromatic N) is 1. The number of benzene rings is 4. The van der Waals surface area contributed by atoms with E-state index in [4.69, 9.17) is 0 Å². The molecular weight excluding hydrogens is 411 g/mol. The number of hydrogen-bond acceptors (Lipinski definition) is 2. The molecule has 0 saturated heterocycles. The quantitative estimate of drug-likeness (QED) is 0.296. The number of fused-ring (bicyclic) bond motifs is 1. The zero-order valence-corrected chi connectivity index (χ0v) is 19.1.